The van der Waals surface area contributed by atoms with Gasteiger partial charge in [-0.2, -0.15) is 5.10 Å². The summed E-state index contributed by atoms with van der Waals surface area (Å²) in [4.78, 5) is 24.2. The molecule has 0 spiro atoms. The van der Waals surface area contributed by atoms with Crippen molar-refractivity contribution in [1.82, 2.24) is 15.5 Å². The van der Waals surface area contributed by atoms with Gasteiger partial charge in [0.15, 0.2) is 6.61 Å². The Morgan fingerprint density at radius 2 is 2.00 bits per heavy atom. The molecule has 1 heterocycles. The first kappa shape index (κ1) is 18.2. The number of aromatic amines is 1. The van der Waals surface area contributed by atoms with Gasteiger partial charge in [0.1, 0.15) is 5.69 Å². The summed E-state index contributed by atoms with van der Waals surface area (Å²) in [6.45, 7) is 4.10. The maximum atomic E-state index is 12.1. The molecule has 1 saturated carbocycles. The minimum atomic E-state index is -0.583. The number of nitrogens with zero attached hydrogens (tertiary/aromatic N) is 1. The van der Waals surface area contributed by atoms with E-state index in [9.17, 15) is 9.59 Å². The van der Waals surface area contributed by atoms with Gasteiger partial charge in [0.2, 0.25) is 0 Å². The molecule has 0 bridgehead atoms. The van der Waals surface area contributed by atoms with E-state index in [-0.39, 0.29) is 24.2 Å². The quantitative estimate of drug-likeness (QED) is 0.807. The van der Waals surface area contributed by atoms with Gasteiger partial charge in [-0.05, 0) is 24.3 Å². The number of rotatable bonds is 5. The highest BCUT2D eigenvalue weighted by atomic mass is 16.5. The standard InChI is InChI=1S/C20H25N3O3/c1-13-7-6-10-16(14(13)2)21-19(24)12-26-20(25)18-11-17(22-23-18)15-8-4-3-5-9-15/h3-5,8-9,11,13-14,16H,6-7,10,12H2,1-2H3,(H,21,24)(H,22,23)/t13-,14-,16-/m1/s1. The summed E-state index contributed by atoms with van der Waals surface area (Å²) in [5.74, 6) is 0.189. The van der Waals surface area contributed by atoms with Crippen LogP contribution in [0.25, 0.3) is 11.3 Å². The zero-order valence-corrected chi connectivity index (χ0v) is 15.2. The van der Waals surface area contributed by atoms with Crippen LogP contribution in [0.4, 0.5) is 0 Å². The molecule has 1 aromatic heterocycles. The van der Waals surface area contributed by atoms with Gasteiger partial charge in [0.25, 0.3) is 5.91 Å². The molecular weight excluding hydrogens is 330 g/mol. The summed E-state index contributed by atoms with van der Waals surface area (Å²) >= 11 is 0. The second kappa shape index (κ2) is 8.17. The Labute approximate surface area is 153 Å². The Kier molecular flexibility index (Phi) is 5.71. The fraction of sp³-hybridized carbons (Fsp3) is 0.450. The van der Waals surface area contributed by atoms with Crippen molar-refractivity contribution >= 4 is 11.9 Å². The number of amides is 1. The maximum Gasteiger partial charge on any atom is 0.356 e. The van der Waals surface area contributed by atoms with E-state index in [0.717, 1.165) is 18.4 Å². The average molecular weight is 355 g/mol. The van der Waals surface area contributed by atoms with Crippen molar-refractivity contribution in [3.63, 3.8) is 0 Å². The van der Waals surface area contributed by atoms with Gasteiger partial charge < -0.3 is 10.1 Å². The van der Waals surface area contributed by atoms with Crippen LogP contribution >= 0.6 is 0 Å². The molecule has 2 N–H and O–H groups in total. The van der Waals surface area contributed by atoms with Crippen molar-refractivity contribution in [1.29, 1.82) is 0 Å². The van der Waals surface area contributed by atoms with Crippen molar-refractivity contribution in [2.24, 2.45) is 11.8 Å². The lowest BCUT2D eigenvalue weighted by molar-refractivity contribution is -0.125. The summed E-state index contributed by atoms with van der Waals surface area (Å²) in [5, 5.41) is 9.78. The summed E-state index contributed by atoms with van der Waals surface area (Å²) < 4.78 is 5.12. The van der Waals surface area contributed by atoms with E-state index in [1.165, 1.54) is 6.42 Å². The molecule has 6 heteroatoms. The van der Waals surface area contributed by atoms with Gasteiger partial charge in [0.05, 0.1) is 5.69 Å². The highest BCUT2D eigenvalue weighted by Gasteiger charge is 2.28. The SMILES string of the molecule is C[C@@H]1[C@H](C)CCC[C@H]1NC(=O)COC(=O)c1cc(-c2ccccc2)n[nH]1. The number of hydrogen-bond donors (Lipinski definition) is 2. The number of ether oxygens (including phenoxy) is 1. The summed E-state index contributed by atoms with van der Waals surface area (Å²) in [6.07, 6.45) is 3.30. The number of benzene rings is 1. The molecule has 2 aromatic rings. The molecule has 6 nitrogen and oxygen atoms in total. The molecule has 0 radical (unpaired) electrons. The number of H-pyrrole nitrogens is 1. The molecule has 1 aliphatic rings. The molecular formula is C20H25N3O3. The third-order valence-corrected chi connectivity index (χ3v) is 5.25. The van der Waals surface area contributed by atoms with Crippen molar-refractivity contribution in [2.45, 2.75) is 39.2 Å². The van der Waals surface area contributed by atoms with Crippen molar-refractivity contribution in [3.05, 3.63) is 42.1 Å². The van der Waals surface area contributed by atoms with E-state index >= 15 is 0 Å². The molecule has 0 saturated heterocycles. The minimum Gasteiger partial charge on any atom is -0.451 e. The molecule has 26 heavy (non-hydrogen) atoms. The fourth-order valence-corrected chi connectivity index (χ4v) is 3.43. The molecule has 1 amide bonds. The highest BCUT2D eigenvalue weighted by Crippen LogP contribution is 2.29. The van der Waals surface area contributed by atoms with E-state index in [0.29, 0.717) is 17.5 Å². The second-order valence-electron chi connectivity index (χ2n) is 7.05. The molecule has 0 unspecified atom stereocenters. The van der Waals surface area contributed by atoms with Gasteiger partial charge in [0, 0.05) is 11.6 Å². The Hall–Kier alpha value is -2.63. The minimum absolute atomic E-state index is 0.154. The number of carbonyl (C=O) groups excluding carboxylic acids is 2. The topological polar surface area (TPSA) is 84.1 Å². The normalized spacial score (nSPS) is 22.6. The fourth-order valence-electron chi connectivity index (χ4n) is 3.43. The van der Waals surface area contributed by atoms with Crippen LogP contribution in [0.15, 0.2) is 36.4 Å². The Morgan fingerprint density at radius 1 is 1.23 bits per heavy atom. The zero-order chi connectivity index (χ0) is 18.5. The second-order valence-corrected chi connectivity index (χ2v) is 7.05. The van der Waals surface area contributed by atoms with Gasteiger partial charge in [-0.25, -0.2) is 4.79 Å². The van der Waals surface area contributed by atoms with Crippen LogP contribution in [0.3, 0.4) is 0 Å². The Morgan fingerprint density at radius 3 is 2.77 bits per heavy atom. The van der Waals surface area contributed by atoms with E-state index in [1.54, 1.807) is 6.07 Å². The lowest BCUT2D eigenvalue weighted by atomic mass is 9.78. The van der Waals surface area contributed by atoms with Gasteiger partial charge >= 0.3 is 5.97 Å². The number of nitrogens with one attached hydrogen (secondary N) is 2. The van der Waals surface area contributed by atoms with Crippen LogP contribution in [-0.2, 0) is 9.53 Å². The number of carbonyl (C=O) groups is 2. The first-order chi connectivity index (χ1) is 12.5. The van der Waals surface area contributed by atoms with Crippen LogP contribution in [0.1, 0.15) is 43.6 Å². The van der Waals surface area contributed by atoms with Gasteiger partial charge in [-0.1, -0.05) is 57.0 Å². The van der Waals surface area contributed by atoms with Gasteiger partial charge in [-0.15, -0.1) is 0 Å². The molecule has 138 valence electrons. The predicted molar refractivity (Wildman–Crippen MR) is 98.4 cm³/mol. The molecule has 3 atom stereocenters. The lowest BCUT2D eigenvalue weighted by Crippen LogP contribution is -2.45. The summed E-state index contributed by atoms with van der Waals surface area (Å²) in [6, 6.07) is 11.3. The van der Waals surface area contributed by atoms with Crippen molar-refractivity contribution < 1.29 is 14.3 Å². The third-order valence-electron chi connectivity index (χ3n) is 5.25. The number of hydrogen-bond acceptors (Lipinski definition) is 4. The Balaban J connectivity index is 1.51. The van der Waals surface area contributed by atoms with Crippen LogP contribution < -0.4 is 5.32 Å². The smallest absolute Gasteiger partial charge is 0.356 e. The van der Waals surface area contributed by atoms with Crippen molar-refractivity contribution in [2.75, 3.05) is 6.61 Å². The highest BCUT2D eigenvalue weighted by molar-refractivity contribution is 5.90. The summed E-state index contributed by atoms with van der Waals surface area (Å²) in [7, 11) is 0. The van der Waals surface area contributed by atoms with Crippen LogP contribution in [0, 0.1) is 11.8 Å². The average Bonchev–Trinajstić information content (AvgIpc) is 3.14. The van der Waals surface area contributed by atoms with E-state index in [1.807, 2.05) is 30.3 Å². The van der Waals surface area contributed by atoms with Gasteiger partial charge in [-0.3, -0.25) is 9.89 Å². The predicted octanol–water partition coefficient (Wildman–Crippen LogP) is 3.17. The third kappa shape index (κ3) is 4.31. The Bertz CT molecular complexity index is 757. The first-order valence-corrected chi connectivity index (χ1v) is 9.12. The molecule has 0 aliphatic heterocycles. The molecule has 1 aromatic carbocycles. The molecule has 1 fully saturated rings. The van der Waals surface area contributed by atoms with Crippen molar-refractivity contribution in [3.8, 4) is 11.3 Å². The zero-order valence-electron chi connectivity index (χ0n) is 15.2. The molecule has 3 rings (SSSR count). The van der Waals surface area contributed by atoms with Crippen LogP contribution in [0.5, 0.6) is 0 Å². The number of esters is 1. The number of aromatic nitrogens is 2. The first-order valence-electron chi connectivity index (χ1n) is 9.12. The van der Waals surface area contributed by atoms with Crippen LogP contribution in [0.2, 0.25) is 0 Å². The largest absolute Gasteiger partial charge is 0.451 e. The van der Waals surface area contributed by atoms with E-state index in [2.05, 4.69) is 29.4 Å². The van der Waals surface area contributed by atoms with E-state index in [4.69, 9.17) is 4.74 Å². The maximum absolute atomic E-state index is 12.1. The monoisotopic (exact) mass is 355 g/mol. The van der Waals surface area contributed by atoms with Crippen LogP contribution in [-0.4, -0.2) is 34.7 Å². The molecule has 1 aliphatic carbocycles. The van der Waals surface area contributed by atoms with E-state index < -0.39 is 5.97 Å². The summed E-state index contributed by atoms with van der Waals surface area (Å²) in [5.41, 5.74) is 1.80. The lowest BCUT2D eigenvalue weighted by Gasteiger charge is -2.34.